The van der Waals surface area contributed by atoms with Crippen LogP contribution in [0.3, 0.4) is 0 Å². The van der Waals surface area contributed by atoms with Crippen LogP contribution in [0.5, 0.6) is 0 Å². The Bertz CT molecular complexity index is 616. The molecular formula is C15H17F3N2O3S. The average Bonchev–Trinajstić information content (AvgIpc) is 2.54. The smallest absolute Gasteiger partial charge is 0.378 e. The number of morpholine rings is 1. The van der Waals surface area contributed by atoms with Crippen molar-refractivity contribution in [3.8, 4) is 0 Å². The number of amides is 2. The van der Waals surface area contributed by atoms with Crippen LogP contribution in [0, 0.1) is 6.92 Å². The molecule has 0 radical (unpaired) electrons. The van der Waals surface area contributed by atoms with E-state index in [1.807, 2.05) is 0 Å². The van der Waals surface area contributed by atoms with Gasteiger partial charge in [-0.2, -0.15) is 13.2 Å². The first-order valence-electron chi connectivity index (χ1n) is 7.25. The monoisotopic (exact) mass is 362 g/mol. The fourth-order valence-electron chi connectivity index (χ4n) is 2.27. The van der Waals surface area contributed by atoms with E-state index in [1.54, 1.807) is 30.0 Å². The fourth-order valence-corrected chi connectivity index (χ4v) is 2.64. The normalized spacial score (nSPS) is 15.2. The van der Waals surface area contributed by atoms with Gasteiger partial charge in [0, 0.05) is 24.3 Å². The number of benzene rings is 1. The highest BCUT2D eigenvalue weighted by molar-refractivity contribution is 8.00. The molecule has 5 nitrogen and oxygen atoms in total. The second-order valence-corrected chi connectivity index (χ2v) is 6.21. The molecule has 0 spiro atoms. The first-order valence-corrected chi connectivity index (χ1v) is 8.23. The molecule has 1 N–H and O–H groups in total. The van der Waals surface area contributed by atoms with E-state index in [2.05, 4.69) is 5.32 Å². The Kier molecular flexibility index (Phi) is 6.11. The summed E-state index contributed by atoms with van der Waals surface area (Å²) in [6, 6.07) is 4.78. The number of carbonyl (C=O) groups is 2. The predicted molar refractivity (Wildman–Crippen MR) is 85.0 cm³/mol. The van der Waals surface area contributed by atoms with Gasteiger partial charge in [0.2, 0.25) is 5.91 Å². The fraction of sp³-hybridized carbons (Fsp3) is 0.467. The topological polar surface area (TPSA) is 58.6 Å². The SMILES string of the molecule is Cc1c(NC(=O)CSC(F)(F)F)cccc1C(=O)N1CCOCC1. The maximum atomic E-state index is 12.5. The first-order chi connectivity index (χ1) is 11.3. The largest absolute Gasteiger partial charge is 0.442 e. The summed E-state index contributed by atoms with van der Waals surface area (Å²) >= 11 is -0.401. The van der Waals surface area contributed by atoms with Crippen molar-refractivity contribution in [3.05, 3.63) is 29.3 Å². The van der Waals surface area contributed by atoms with Crippen molar-refractivity contribution in [2.45, 2.75) is 12.4 Å². The first kappa shape index (κ1) is 18.6. The van der Waals surface area contributed by atoms with Gasteiger partial charge in [-0.15, -0.1) is 0 Å². The summed E-state index contributed by atoms with van der Waals surface area (Å²) in [5, 5.41) is 2.43. The summed E-state index contributed by atoms with van der Waals surface area (Å²) in [6.07, 6.45) is 0. The van der Waals surface area contributed by atoms with Crippen LogP contribution in [0.1, 0.15) is 15.9 Å². The third kappa shape index (κ3) is 5.13. The van der Waals surface area contributed by atoms with Crippen LogP contribution in [0.2, 0.25) is 0 Å². The Morgan fingerprint density at radius 3 is 2.58 bits per heavy atom. The molecule has 0 saturated carbocycles. The summed E-state index contributed by atoms with van der Waals surface area (Å²) in [6.45, 7) is 3.56. The molecule has 2 amide bonds. The van der Waals surface area contributed by atoms with Gasteiger partial charge in [-0.05, 0) is 36.4 Å². The van der Waals surface area contributed by atoms with Crippen LogP contribution < -0.4 is 5.32 Å². The van der Waals surface area contributed by atoms with Gasteiger partial charge in [0.25, 0.3) is 5.91 Å². The van der Waals surface area contributed by atoms with Crippen LogP contribution in [-0.2, 0) is 9.53 Å². The molecule has 1 aromatic carbocycles. The Morgan fingerprint density at radius 1 is 1.29 bits per heavy atom. The van der Waals surface area contributed by atoms with E-state index >= 15 is 0 Å². The van der Waals surface area contributed by atoms with Crippen LogP contribution in [0.15, 0.2) is 18.2 Å². The molecule has 1 aliphatic heterocycles. The van der Waals surface area contributed by atoms with Crippen molar-refractivity contribution >= 4 is 29.3 Å². The minimum Gasteiger partial charge on any atom is -0.378 e. The van der Waals surface area contributed by atoms with Crippen LogP contribution in [-0.4, -0.2) is 54.3 Å². The molecule has 1 saturated heterocycles. The van der Waals surface area contributed by atoms with E-state index in [1.165, 1.54) is 0 Å². The number of halogens is 3. The maximum Gasteiger partial charge on any atom is 0.442 e. The Balaban J connectivity index is 2.07. The molecule has 1 heterocycles. The van der Waals surface area contributed by atoms with Crippen molar-refractivity contribution in [2.75, 3.05) is 37.4 Å². The molecular weight excluding hydrogens is 345 g/mol. The van der Waals surface area contributed by atoms with Crippen molar-refractivity contribution in [1.82, 2.24) is 4.90 Å². The average molecular weight is 362 g/mol. The standard InChI is InChI=1S/C15H17F3N2O3S/c1-10-11(14(22)20-5-7-23-8-6-20)3-2-4-12(10)19-13(21)9-24-15(16,17)18/h2-4H,5-9H2,1H3,(H,19,21). The molecule has 0 aromatic heterocycles. The zero-order chi connectivity index (χ0) is 17.7. The summed E-state index contributed by atoms with van der Waals surface area (Å²) in [5.41, 5.74) is -3.18. The van der Waals surface area contributed by atoms with E-state index in [4.69, 9.17) is 4.74 Å². The third-order valence-electron chi connectivity index (χ3n) is 3.50. The molecule has 0 bridgehead atoms. The Morgan fingerprint density at radius 2 is 1.96 bits per heavy atom. The summed E-state index contributed by atoms with van der Waals surface area (Å²) < 4.78 is 41.6. The minimum absolute atomic E-state index is 0.184. The van der Waals surface area contributed by atoms with Gasteiger partial charge in [-0.25, -0.2) is 0 Å². The number of ether oxygens (including phenoxy) is 1. The number of nitrogens with zero attached hydrogens (tertiary/aromatic N) is 1. The number of nitrogens with one attached hydrogen (secondary N) is 1. The van der Waals surface area contributed by atoms with Crippen molar-refractivity contribution in [1.29, 1.82) is 0 Å². The summed E-state index contributed by atoms with van der Waals surface area (Å²) in [5.74, 6) is -1.68. The zero-order valence-corrected chi connectivity index (χ0v) is 13.8. The van der Waals surface area contributed by atoms with Gasteiger partial charge >= 0.3 is 5.51 Å². The van der Waals surface area contributed by atoms with Crippen LogP contribution in [0.25, 0.3) is 0 Å². The van der Waals surface area contributed by atoms with Gasteiger partial charge in [0.1, 0.15) is 0 Å². The number of alkyl halides is 3. The third-order valence-corrected chi connectivity index (χ3v) is 4.24. The molecule has 0 atom stereocenters. The predicted octanol–water partition coefficient (Wildman–Crippen LogP) is 2.66. The molecule has 1 aliphatic rings. The van der Waals surface area contributed by atoms with Gasteiger partial charge in [0.15, 0.2) is 0 Å². The Labute approximate surface area is 141 Å². The quantitative estimate of drug-likeness (QED) is 0.895. The van der Waals surface area contributed by atoms with Crippen molar-refractivity contribution in [3.63, 3.8) is 0 Å². The number of rotatable bonds is 4. The lowest BCUT2D eigenvalue weighted by Gasteiger charge is -2.27. The van der Waals surface area contributed by atoms with Gasteiger partial charge < -0.3 is 15.0 Å². The van der Waals surface area contributed by atoms with E-state index < -0.39 is 28.9 Å². The Hall–Kier alpha value is -1.74. The highest BCUT2D eigenvalue weighted by Crippen LogP contribution is 2.30. The molecule has 2 rings (SSSR count). The van der Waals surface area contributed by atoms with Gasteiger partial charge in [-0.3, -0.25) is 9.59 Å². The van der Waals surface area contributed by atoms with Crippen molar-refractivity contribution < 1.29 is 27.5 Å². The lowest BCUT2D eigenvalue weighted by atomic mass is 10.1. The number of hydrogen-bond acceptors (Lipinski definition) is 4. The van der Waals surface area contributed by atoms with Gasteiger partial charge in [-0.1, -0.05) is 6.07 Å². The minimum atomic E-state index is -4.46. The molecule has 1 aromatic rings. The number of hydrogen-bond donors (Lipinski definition) is 1. The highest BCUT2D eigenvalue weighted by Gasteiger charge is 2.29. The lowest BCUT2D eigenvalue weighted by molar-refractivity contribution is -0.114. The summed E-state index contributed by atoms with van der Waals surface area (Å²) in [7, 11) is 0. The molecule has 1 fully saturated rings. The number of carbonyl (C=O) groups excluding carboxylic acids is 2. The molecule has 0 unspecified atom stereocenters. The van der Waals surface area contributed by atoms with Crippen LogP contribution >= 0.6 is 11.8 Å². The second kappa shape index (κ2) is 7.89. The maximum absolute atomic E-state index is 12.5. The summed E-state index contributed by atoms with van der Waals surface area (Å²) in [4.78, 5) is 25.8. The number of thioether (sulfide) groups is 1. The van der Waals surface area contributed by atoms with E-state index in [9.17, 15) is 22.8 Å². The van der Waals surface area contributed by atoms with E-state index in [0.717, 1.165) is 0 Å². The number of anilines is 1. The van der Waals surface area contributed by atoms with Crippen LogP contribution in [0.4, 0.5) is 18.9 Å². The molecule has 0 aliphatic carbocycles. The molecule has 9 heteroatoms. The lowest BCUT2D eigenvalue weighted by Crippen LogP contribution is -2.41. The van der Waals surface area contributed by atoms with Crippen molar-refractivity contribution in [2.24, 2.45) is 0 Å². The molecule has 24 heavy (non-hydrogen) atoms. The van der Waals surface area contributed by atoms with E-state index in [-0.39, 0.29) is 5.91 Å². The van der Waals surface area contributed by atoms with E-state index in [0.29, 0.717) is 43.1 Å². The second-order valence-electron chi connectivity index (χ2n) is 5.17. The van der Waals surface area contributed by atoms with Gasteiger partial charge in [0.05, 0.1) is 19.0 Å². The highest BCUT2D eigenvalue weighted by atomic mass is 32.2. The zero-order valence-electron chi connectivity index (χ0n) is 13.0. The molecule has 132 valence electrons.